The van der Waals surface area contributed by atoms with Gasteiger partial charge in [0.05, 0.1) is 15.7 Å². The second-order valence-corrected chi connectivity index (χ2v) is 13.3. The van der Waals surface area contributed by atoms with Gasteiger partial charge < -0.3 is 0 Å². The minimum Gasteiger partial charge on any atom is -0.276 e. The second-order valence-electron chi connectivity index (χ2n) is 11.2. The molecule has 0 saturated heterocycles. The van der Waals surface area contributed by atoms with Gasteiger partial charge in [0.2, 0.25) is 5.95 Å². The van der Waals surface area contributed by atoms with Crippen LogP contribution in [-0.2, 0) is 0 Å². The molecule has 0 spiro atoms. The first-order valence-corrected chi connectivity index (χ1v) is 16.5. The Kier molecular flexibility index (Phi) is 5.29. The van der Waals surface area contributed by atoms with Crippen molar-refractivity contribution in [1.29, 1.82) is 0 Å². The van der Waals surface area contributed by atoms with Crippen molar-refractivity contribution in [1.82, 2.24) is 19.5 Å². The van der Waals surface area contributed by atoms with Crippen molar-refractivity contribution in [2.45, 2.75) is 0 Å². The van der Waals surface area contributed by atoms with Crippen molar-refractivity contribution in [2.75, 3.05) is 0 Å². The summed E-state index contributed by atoms with van der Waals surface area (Å²) in [6, 6.07) is 47.0. The molecule has 4 heterocycles. The maximum atomic E-state index is 5.30. The molecular formula is C39H22N4S2. The summed E-state index contributed by atoms with van der Waals surface area (Å²) < 4.78 is 7.20. The summed E-state index contributed by atoms with van der Waals surface area (Å²) in [5.41, 5.74) is 4.18. The minimum absolute atomic E-state index is 0.619. The van der Waals surface area contributed by atoms with Gasteiger partial charge in [0.25, 0.3) is 0 Å². The third kappa shape index (κ3) is 3.67. The summed E-state index contributed by atoms with van der Waals surface area (Å²) in [5.74, 6) is 1.95. The third-order valence-corrected chi connectivity index (χ3v) is 11.1. The smallest absolute Gasteiger partial charge is 0.238 e. The summed E-state index contributed by atoms with van der Waals surface area (Å²) in [7, 11) is 0. The van der Waals surface area contributed by atoms with Crippen LogP contribution in [0.25, 0.3) is 90.9 Å². The van der Waals surface area contributed by atoms with Crippen LogP contribution >= 0.6 is 22.7 Å². The standard InChI is InChI=1S/C39H22N4S2/c1-2-11-23(12-3-1)37-40-38(30-17-10-16-28-25-14-5-8-19-32(25)44-35(28)30)42-39(41-37)43-31-18-7-4-13-24(31)27-21-22-29-26-15-6-9-20-33(26)45-36(29)34(27)43/h1-22H. The SMILES string of the molecule is c1ccc(-c2nc(-c3cccc4c3sc3ccccc34)nc(-n3c4ccccc4c4ccc5c6ccccc6sc5c43)n2)cc1. The van der Waals surface area contributed by atoms with Crippen molar-refractivity contribution in [3.05, 3.63) is 133 Å². The van der Waals surface area contributed by atoms with Crippen molar-refractivity contribution in [3.8, 4) is 28.7 Å². The normalized spacial score (nSPS) is 12.0. The summed E-state index contributed by atoms with van der Waals surface area (Å²) in [6.45, 7) is 0. The molecule has 210 valence electrons. The van der Waals surface area contributed by atoms with Crippen LogP contribution in [0.1, 0.15) is 0 Å². The van der Waals surface area contributed by atoms with Crippen LogP contribution in [0, 0.1) is 0 Å². The fraction of sp³-hybridized carbons (Fsp3) is 0. The van der Waals surface area contributed by atoms with E-state index in [1.165, 1.54) is 51.1 Å². The van der Waals surface area contributed by atoms with Crippen LogP contribution in [0.2, 0.25) is 0 Å². The molecule has 0 aliphatic carbocycles. The first-order chi connectivity index (χ1) is 22.3. The van der Waals surface area contributed by atoms with Gasteiger partial charge in [0.1, 0.15) is 0 Å². The van der Waals surface area contributed by atoms with Crippen LogP contribution in [-0.4, -0.2) is 19.5 Å². The van der Waals surface area contributed by atoms with Crippen molar-refractivity contribution in [3.63, 3.8) is 0 Å². The molecule has 0 bridgehead atoms. The van der Waals surface area contributed by atoms with E-state index in [1.807, 2.05) is 29.5 Å². The van der Waals surface area contributed by atoms with Crippen molar-refractivity contribution in [2.24, 2.45) is 0 Å². The highest BCUT2D eigenvalue weighted by molar-refractivity contribution is 7.27. The second kappa shape index (κ2) is 9.53. The Labute approximate surface area is 265 Å². The molecule has 0 atom stereocenters. The van der Waals surface area contributed by atoms with Gasteiger partial charge in [-0.25, -0.2) is 4.98 Å². The van der Waals surface area contributed by atoms with E-state index in [2.05, 4.69) is 120 Å². The van der Waals surface area contributed by atoms with Gasteiger partial charge in [-0.15, -0.1) is 22.7 Å². The van der Waals surface area contributed by atoms with Crippen LogP contribution in [0.4, 0.5) is 0 Å². The van der Waals surface area contributed by atoms with Crippen molar-refractivity contribution < 1.29 is 0 Å². The minimum atomic E-state index is 0.619. The predicted octanol–water partition coefficient (Wildman–Crippen LogP) is 11.0. The molecule has 10 aromatic rings. The van der Waals surface area contributed by atoms with Gasteiger partial charge in [0.15, 0.2) is 11.6 Å². The number of thiophene rings is 2. The summed E-state index contributed by atoms with van der Waals surface area (Å²) in [5, 5.41) is 7.38. The van der Waals surface area contributed by atoms with Gasteiger partial charge in [-0.1, -0.05) is 109 Å². The Hall–Kier alpha value is -5.43. The topological polar surface area (TPSA) is 43.6 Å². The predicted molar refractivity (Wildman–Crippen MR) is 191 cm³/mol. The molecule has 0 aliphatic heterocycles. The quantitative estimate of drug-likeness (QED) is 0.200. The Bertz CT molecular complexity index is 2770. The average molecular weight is 611 g/mol. The molecule has 10 rings (SSSR count). The molecule has 6 heteroatoms. The largest absolute Gasteiger partial charge is 0.276 e. The Morgan fingerprint density at radius 2 is 1.02 bits per heavy atom. The monoisotopic (exact) mass is 610 g/mol. The Morgan fingerprint density at radius 3 is 1.82 bits per heavy atom. The number of hydrogen-bond donors (Lipinski definition) is 0. The average Bonchev–Trinajstić information content (AvgIpc) is 3.78. The molecule has 0 N–H and O–H groups in total. The van der Waals surface area contributed by atoms with Crippen LogP contribution in [0.5, 0.6) is 0 Å². The van der Waals surface area contributed by atoms with E-state index in [4.69, 9.17) is 15.0 Å². The lowest BCUT2D eigenvalue weighted by Gasteiger charge is -2.11. The third-order valence-electron chi connectivity index (χ3n) is 8.68. The van der Waals surface area contributed by atoms with E-state index in [-0.39, 0.29) is 0 Å². The van der Waals surface area contributed by atoms with Gasteiger partial charge in [-0.05, 0) is 24.3 Å². The van der Waals surface area contributed by atoms with Gasteiger partial charge in [-0.3, -0.25) is 4.57 Å². The van der Waals surface area contributed by atoms with E-state index in [0.29, 0.717) is 17.6 Å². The molecule has 6 aromatic carbocycles. The summed E-state index contributed by atoms with van der Waals surface area (Å²) >= 11 is 3.62. The molecule has 0 fully saturated rings. The number of hydrogen-bond acceptors (Lipinski definition) is 5. The maximum absolute atomic E-state index is 5.30. The Balaban J connectivity index is 1.34. The molecule has 0 unspecified atom stereocenters. The molecular weight excluding hydrogens is 589 g/mol. The zero-order valence-electron chi connectivity index (χ0n) is 23.8. The van der Waals surface area contributed by atoms with E-state index in [9.17, 15) is 0 Å². The number of para-hydroxylation sites is 1. The highest BCUT2D eigenvalue weighted by Gasteiger charge is 2.22. The highest BCUT2D eigenvalue weighted by Crippen LogP contribution is 2.43. The number of benzene rings is 6. The number of nitrogens with zero attached hydrogens (tertiary/aromatic N) is 4. The molecule has 4 nitrogen and oxygen atoms in total. The lowest BCUT2D eigenvalue weighted by Crippen LogP contribution is -2.06. The van der Waals surface area contributed by atoms with Crippen molar-refractivity contribution >= 4 is 84.8 Å². The summed E-state index contributed by atoms with van der Waals surface area (Å²) in [4.78, 5) is 15.6. The molecule has 4 aromatic heterocycles. The summed E-state index contributed by atoms with van der Waals surface area (Å²) in [6.07, 6.45) is 0. The van der Waals surface area contributed by atoms with Crippen LogP contribution in [0.3, 0.4) is 0 Å². The first kappa shape index (κ1) is 25.0. The maximum Gasteiger partial charge on any atom is 0.238 e. The first-order valence-electron chi connectivity index (χ1n) is 14.9. The number of fused-ring (bicyclic) bond motifs is 10. The number of rotatable bonds is 3. The van der Waals surface area contributed by atoms with E-state index >= 15 is 0 Å². The van der Waals surface area contributed by atoms with Gasteiger partial charge >= 0.3 is 0 Å². The lowest BCUT2D eigenvalue weighted by atomic mass is 10.1. The fourth-order valence-electron chi connectivity index (χ4n) is 6.66. The van der Waals surface area contributed by atoms with E-state index in [0.717, 1.165) is 22.2 Å². The Morgan fingerprint density at radius 1 is 0.422 bits per heavy atom. The van der Waals surface area contributed by atoms with Crippen LogP contribution in [0.15, 0.2) is 133 Å². The zero-order valence-corrected chi connectivity index (χ0v) is 25.4. The zero-order chi connectivity index (χ0) is 29.5. The highest BCUT2D eigenvalue weighted by atomic mass is 32.1. The lowest BCUT2D eigenvalue weighted by molar-refractivity contribution is 0.956. The number of aromatic nitrogens is 4. The van der Waals surface area contributed by atoms with Gasteiger partial charge in [-0.2, -0.15) is 9.97 Å². The molecule has 0 amide bonds. The molecule has 0 aliphatic rings. The van der Waals surface area contributed by atoms with E-state index in [1.54, 1.807) is 11.3 Å². The molecule has 0 radical (unpaired) electrons. The molecule has 0 saturated carbocycles. The van der Waals surface area contributed by atoms with Gasteiger partial charge in [0, 0.05) is 57.5 Å². The van der Waals surface area contributed by atoms with E-state index < -0.39 is 0 Å². The van der Waals surface area contributed by atoms with Crippen LogP contribution < -0.4 is 0 Å². The molecule has 45 heavy (non-hydrogen) atoms. The fourth-order valence-corrected chi connectivity index (χ4v) is 9.12.